The van der Waals surface area contributed by atoms with E-state index in [-0.39, 0.29) is 30.7 Å². The van der Waals surface area contributed by atoms with Crippen LogP contribution in [-0.2, 0) is 19.1 Å². The van der Waals surface area contributed by atoms with Crippen LogP contribution in [0.3, 0.4) is 0 Å². The molecular weight excluding hydrogens is 224 g/mol. The monoisotopic (exact) mass is 242 g/mol. The Morgan fingerprint density at radius 1 is 1.47 bits per heavy atom. The van der Waals surface area contributed by atoms with E-state index in [9.17, 15) is 14.4 Å². The zero-order valence-corrected chi connectivity index (χ0v) is 10.6. The van der Waals surface area contributed by atoms with Gasteiger partial charge in [0.05, 0.1) is 12.0 Å². The molecule has 1 fully saturated rings. The molecule has 17 heavy (non-hydrogen) atoms. The van der Waals surface area contributed by atoms with Crippen LogP contribution in [0.2, 0.25) is 0 Å². The topological polar surface area (TPSA) is 75.7 Å². The van der Waals surface area contributed by atoms with Crippen LogP contribution in [0.1, 0.15) is 27.2 Å². The summed E-state index contributed by atoms with van der Waals surface area (Å²) in [5.74, 6) is -1.04. The molecule has 1 heterocycles. The number of hydrogen-bond donors (Lipinski definition) is 1. The maximum Gasteiger partial charge on any atom is 0.252 e. The minimum absolute atomic E-state index is 0.0244. The van der Waals surface area contributed by atoms with Gasteiger partial charge < -0.3 is 10.1 Å². The van der Waals surface area contributed by atoms with Gasteiger partial charge in [-0.25, -0.2) is 0 Å². The van der Waals surface area contributed by atoms with E-state index in [0.29, 0.717) is 0 Å². The molecule has 1 saturated heterocycles. The first-order valence-corrected chi connectivity index (χ1v) is 5.44. The van der Waals surface area contributed by atoms with Crippen LogP contribution >= 0.6 is 0 Å². The number of imide groups is 1. The van der Waals surface area contributed by atoms with Crippen molar-refractivity contribution in [3.8, 4) is 0 Å². The minimum atomic E-state index is -0.747. The standard InChI is InChI=1S/C11H18N2O4/c1-11(2,3)17-6-8(14)12-7-5-9(15)13(4)10(7)16/h7H,5-6H2,1-4H3,(H,12,14). The van der Waals surface area contributed by atoms with Crippen molar-refractivity contribution >= 4 is 17.7 Å². The lowest BCUT2D eigenvalue weighted by Gasteiger charge is -2.19. The highest BCUT2D eigenvalue weighted by Crippen LogP contribution is 2.11. The molecule has 1 unspecified atom stereocenters. The molecule has 1 atom stereocenters. The normalized spacial score (nSPS) is 20.9. The Bertz CT molecular complexity index is 346. The van der Waals surface area contributed by atoms with Gasteiger partial charge in [-0.2, -0.15) is 0 Å². The average Bonchev–Trinajstić information content (AvgIpc) is 2.43. The first kappa shape index (κ1) is 13.6. The fraction of sp³-hybridized carbons (Fsp3) is 0.727. The summed E-state index contributed by atoms with van der Waals surface area (Å²) in [7, 11) is 1.41. The first-order chi connectivity index (χ1) is 7.70. The predicted octanol–water partition coefficient (Wildman–Crippen LogP) is -0.325. The maximum atomic E-state index is 11.5. The van der Waals surface area contributed by atoms with Gasteiger partial charge >= 0.3 is 0 Å². The number of carbonyl (C=O) groups excluding carboxylic acids is 3. The summed E-state index contributed by atoms with van der Waals surface area (Å²) < 4.78 is 5.27. The molecule has 6 nitrogen and oxygen atoms in total. The van der Waals surface area contributed by atoms with Crippen LogP contribution in [0.5, 0.6) is 0 Å². The molecule has 0 spiro atoms. The van der Waals surface area contributed by atoms with Crippen LogP contribution in [0.25, 0.3) is 0 Å². The lowest BCUT2D eigenvalue weighted by Crippen LogP contribution is -2.43. The lowest BCUT2D eigenvalue weighted by atomic mass is 10.2. The summed E-state index contributed by atoms with van der Waals surface area (Å²) in [5.41, 5.74) is -0.413. The van der Waals surface area contributed by atoms with Gasteiger partial charge in [-0.15, -0.1) is 0 Å². The molecule has 0 radical (unpaired) electrons. The number of hydrogen-bond acceptors (Lipinski definition) is 4. The second kappa shape index (κ2) is 4.83. The van der Waals surface area contributed by atoms with E-state index >= 15 is 0 Å². The zero-order chi connectivity index (χ0) is 13.2. The molecule has 1 rings (SSSR count). The molecule has 0 aromatic heterocycles. The molecule has 0 bridgehead atoms. The summed E-state index contributed by atoms with van der Waals surface area (Å²) in [5, 5.41) is 2.49. The van der Waals surface area contributed by atoms with E-state index < -0.39 is 11.6 Å². The summed E-state index contributed by atoms with van der Waals surface area (Å²) in [6, 6.07) is -0.747. The Labute approximate surface area is 100 Å². The van der Waals surface area contributed by atoms with Crippen molar-refractivity contribution in [3.63, 3.8) is 0 Å². The molecule has 1 aliphatic heterocycles. The van der Waals surface area contributed by atoms with Gasteiger partial charge in [0.25, 0.3) is 5.91 Å². The van der Waals surface area contributed by atoms with E-state index in [1.165, 1.54) is 7.05 Å². The SMILES string of the molecule is CN1C(=O)CC(NC(=O)COC(C)(C)C)C1=O. The highest BCUT2D eigenvalue weighted by Gasteiger charge is 2.36. The number of rotatable bonds is 3. The van der Waals surface area contributed by atoms with Crippen molar-refractivity contribution in [2.24, 2.45) is 0 Å². The number of likely N-dealkylation sites (tertiary alicyclic amines) is 1. The van der Waals surface area contributed by atoms with Crippen LogP contribution in [0.15, 0.2) is 0 Å². The second-order valence-corrected chi connectivity index (χ2v) is 5.02. The molecule has 0 aromatic carbocycles. The van der Waals surface area contributed by atoms with Crippen LogP contribution in [0, 0.1) is 0 Å². The molecule has 1 aliphatic rings. The van der Waals surface area contributed by atoms with E-state index in [1.807, 2.05) is 20.8 Å². The Balaban J connectivity index is 2.43. The molecule has 0 saturated carbocycles. The van der Waals surface area contributed by atoms with Gasteiger partial charge in [0.15, 0.2) is 0 Å². The second-order valence-electron chi connectivity index (χ2n) is 5.02. The number of ether oxygens (including phenoxy) is 1. The maximum absolute atomic E-state index is 11.5. The van der Waals surface area contributed by atoms with Crippen LogP contribution in [-0.4, -0.2) is 47.9 Å². The van der Waals surface area contributed by atoms with E-state index in [4.69, 9.17) is 4.74 Å². The molecule has 0 aromatic rings. The summed E-state index contributed by atoms with van der Waals surface area (Å²) in [6.45, 7) is 5.38. The largest absolute Gasteiger partial charge is 0.366 e. The number of carbonyl (C=O) groups is 3. The summed E-state index contributed by atoms with van der Waals surface area (Å²) in [6.07, 6.45) is 0.0244. The zero-order valence-electron chi connectivity index (χ0n) is 10.6. The van der Waals surface area contributed by atoms with Gasteiger partial charge in [-0.3, -0.25) is 19.3 Å². The number of nitrogens with one attached hydrogen (secondary N) is 1. The predicted molar refractivity (Wildman–Crippen MR) is 60.0 cm³/mol. The molecule has 0 aliphatic carbocycles. The average molecular weight is 242 g/mol. The first-order valence-electron chi connectivity index (χ1n) is 5.44. The highest BCUT2D eigenvalue weighted by atomic mass is 16.5. The van der Waals surface area contributed by atoms with Crippen molar-refractivity contribution in [2.45, 2.75) is 38.8 Å². The van der Waals surface area contributed by atoms with Crippen molar-refractivity contribution in [1.82, 2.24) is 10.2 Å². The van der Waals surface area contributed by atoms with E-state index in [2.05, 4.69) is 5.32 Å². The van der Waals surface area contributed by atoms with Crippen molar-refractivity contribution < 1.29 is 19.1 Å². The van der Waals surface area contributed by atoms with Crippen molar-refractivity contribution in [3.05, 3.63) is 0 Å². The Morgan fingerprint density at radius 3 is 2.47 bits per heavy atom. The van der Waals surface area contributed by atoms with E-state index in [1.54, 1.807) is 0 Å². The molecular formula is C11H18N2O4. The quantitative estimate of drug-likeness (QED) is 0.688. The summed E-state index contributed by atoms with van der Waals surface area (Å²) in [4.78, 5) is 35.2. The highest BCUT2D eigenvalue weighted by molar-refractivity contribution is 6.06. The number of likely N-dealkylation sites (N-methyl/N-ethyl adjacent to an activating group) is 1. The van der Waals surface area contributed by atoms with Crippen LogP contribution < -0.4 is 5.32 Å². The third-order valence-corrected chi connectivity index (χ3v) is 2.35. The van der Waals surface area contributed by atoms with Gasteiger partial charge in [0.1, 0.15) is 12.6 Å². The van der Waals surface area contributed by atoms with Crippen molar-refractivity contribution in [2.75, 3.05) is 13.7 Å². The Morgan fingerprint density at radius 2 is 2.06 bits per heavy atom. The molecule has 6 heteroatoms. The molecule has 3 amide bonds. The Kier molecular flexibility index (Phi) is 3.87. The molecule has 96 valence electrons. The fourth-order valence-corrected chi connectivity index (χ4v) is 1.39. The van der Waals surface area contributed by atoms with Gasteiger partial charge in [-0.05, 0) is 20.8 Å². The van der Waals surface area contributed by atoms with E-state index in [0.717, 1.165) is 4.90 Å². The lowest BCUT2D eigenvalue weighted by molar-refractivity contribution is -0.139. The van der Waals surface area contributed by atoms with Crippen molar-refractivity contribution in [1.29, 1.82) is 0 Å². The summed E-state index contributed by atoms with van der Waals surface area (Å²) >= 11 is 0. The van der Waals surface area contributed by atoms with Gasteiger partial charge in [0, 0.05) is 7.05 Å². The van der Waals surface area contributed by atoms with Gasteiger partial charge in [0.2, 0.25) is 11.8 Å². The smallest absolute Gasteiger partial charge is 0.252 e. The third-order valence-electron chi connectivity index (χ3n) is 2.35. The molecule has 1 N–H and O–H groups in total. The van der Waals surface area contributed by atoms with Gasteiger partial charge in [-0.1, -0.05) is 0 Å². The Hall–Kier alpha value is -1.43. The number of amides is 3. The third kappa shape index (κ3) is 3.81. The number of nitrogens with zero attached hydrogens (tertiary/aromatic N) is 1. The minimum Gasteiger partial charge on any atom is -0.366 e. The van der Waals surface area contributed by atoms with Crippen LogP contribution in [0.4, 0.5) is 0 Å². The fourth-order valence-electron chi connectivity index (χ4n) is 1.39.